The fraction of sp³-hybridized carbons (Fsp3) is 0.727. The van der Waals surface area contributed by atoms with Crippen LogP contribution in [0.2, 0.25) is 0 Å². The molecule has 1 saturated carbocycles. The molecule has 0 amide bonds. The first-order valence-corrected chi connectivity index (χ1v) is 6.20. The van der Waals surface area contributed by atoms with Crippen LogP contribution in [0.3, 0.4) is 0 Å². The predicted octanol–water partition coefficient (Wildman–Crippen LogP) is 2.99. The standard InChI is InChI=1S/C11H17NOS/c1-8-11(12-10(7-13)14-8)9-5-3-2-4-6-9/h9,13H,2-7H2,1H3. The SMILES string of the molecule is Cc1sc(CO)nc1C1CCCCC1. The Kier molecular flexibility index (Phi) is 3.19. The lowest BCUT2D eigenvalue weighted by Crippen LogP contribution is -2.06. The van der Waals surface area contributed by atoms with Crippen molar-refractivity contribution in [3.8, 4) is 0 Å². The number of thiazole rings is 1. The van der Waals surface area contributed by atoms with Crippen LogP contribution in [-0.4, -0.2) is 10.1 Å². The molecule has 1 aliphatic rings. The maximum atomic E-state index is 9.02. The predicted molar refractivity (Wildman–Crippen MR) is 58.6 cm³/mol. The Morgan fingerprint density at radius 2 is 2.07 bits per heavy atom. The highest BCUT2D eigenvalue weighted by Gasteiger charge is 2.20. The van der Waals surface area contributed by atoms with Crippen LogP contribution >= 0.6 is 11.3 Å². The third-order valence-electron chi connectivity index (χ3n) is 3.00. The van der Waals surface area contributed by atoms with Crippen LogP contribution in [0.15, 0.2) is 0 Å². The van der Waals surface area contributed by atoms with Crippen LogP contribution in [0.1, 0.15) is 53.6 Å². The molecule has 1 aromatic heterocycles. The highest BCUT2D eigenvalue weighted by molar-refractivity contribution is 7.11. The second-order valence-corrected chi connectivity index (χ2v) is 5.33. The number of hydrogen-bond acceptors (Lipinski definition) is 3. The van der Waals surface area contributed by atoms with Gasteiger partial charge in [0, 0.05) is 10.8 Å². The number of rotatable bonds is 2. The molecule has 1 N–H and O–H groups in total. The molecule has 1 heterocycles. The summed E-state index contributed by atoms with van der Waals surface area (Å²) in [7, 11) is 0. The van der Waals surface area contributed by atoms with Crippen molar-refractivity contribution < 1.29 is 5.11 Å². The summed E-state index contributed by atoms with van der Waals surface area (Å²) >= 11 is 1.65. The van der Waals surface area contributed by atoms with Gasteiger partial charge in [0.25, 0.3) is 0 Å². The first kappa shape index (κ1) is 10.1. The van der Waals surface area contributed by atoms with Gasteiger partial charge in [0.05, 0.1) is 12.3 Å². The Balaban J connectivity index is 2.17. The molecular formula is C11H17NOS. The van der Waals surface area contributed by atoms with E-state index in [2.05, 4.69) is 11.9 Å². The smallest absolute Gasteiger partial charge is 0.119 e. The third-order valence-corrected chi connectivity index (χ3v) is 3.98. The quantitative estimate of drug-likeness (QED) is 0.815. The van der Waals surface area contributed by atoms with Gasteiger partial charge in [-0.1, -0.05) is 19.3 Å². The van der Waals surface area contributed by atoms with Crippen molar-refractivity contribution in [3.05, 3.63) is 15.6 Å². The Morgan fingerprint density at radius 3 is 2.64 bits per heavy atom. The lowest BCUT2D eigenvalue weighted by Gasteiger charge is -2.20. The molecule has 0 aromatic carbocycles. The summed E-state index contributed by atoms with van der Waals surface area (Å²) in [5.74, 6) is 0.667. The lowest BCUT2D eigenvalue weighted by atomic mass is 9.86. The topological polar surface area (TPSA) is 33.1 Å². The summed E-state index contributed by atoms with van der Waals surface area (Å²) < 4.78 is 0. The molecule has 2 nitrogen and oxygen atoms in total. The van der Waals surface area contributed by atoms with Gasteiger partial charge in [-0.3, -0.25) is 0 Å². The molecule has 0 unspecified atom stereocenters. The summed E-state index contributed by atoms with van der Waals surface area (Å²) in [6, 6.07) is 0. The fourth-order valence-electron chi connectivity index (χ4n) is 2.29. The molecular weight excluding hydrogens is 194 g/mol. The number of aliphatic hydroxyl groups is 1. The van der Waals surface area contributed by atoms with E-state index in [1.54, 1.807) is 11.3 Å². The minimum Gasteiger partial charge on any atom is -0.389 e. The van der Waals surface area contributed by atoms with Gasteiger partial charge in [-0.05, 0) is 19.8 Å². The highest BCUT2D eigenvalue weighted by Crippen LogP contribution is 2.35. The van der Waals surface area contributed by atoms with Crippen molar-refractivity contribution in [2.45, 2.75) is 51.6 Å². The van der Waals surface area contributed by atoms with Crippen LogP contribution in [-0.2, 0) is 6.61 Å². The van der Waals surface area contributed by atoms with E-state index in [0.29, 0.717) is 5.92 Å². The molecule has 0 aliphatic heterocycles. The molecule has 1 aliphatic carbocycles. The van der Waals surface area contributed by atoms with E-state index in [1.165, 1.54) is 42.7 Å². The number of nitrogens with zero attached hydrogens (tertiary/aromatic N) is 1. The first-order chi connectivity index (χ1) is 6.81. The minimum absolute atomic E-state index is 0.0955. The lowest BCUT2D eigenvalue weighted by molar-refractivity contribution is 0.280. The number of aryl methyl sites for hydroxylation is 1. The van der Waals surface area contributed by atoms with Gasteiger partial charge in [-0.15, -0.1) is 11.3 Å². The van der Waals surface area contributed by atoms with Gasteiger partial charge in [0.15, 0.2) is 0 Å². The Labute approximate surface area is 89.0 Å². The summed E-state index contributed by atoms with van der Waals surface area (Å²) in [6.45, 7) is 2.22. The van der Waals surface area contributed by atoms with Gasteiger partial charge in [-0.25, -0.2) is 4.98 Å². The third kappa shape index (κ3) is 1.98. The minimum atomic E-state index is 0.0955. The summed E-state index contributed by atoms with van der Waals surface area (Å²) in [5, 5.41) is 9.90. The molecule has 1 aromatic rings. The van der Waals surface area contributed by atoms with E-state index in [0.717, 1.165) is 5.01 Å². The van der Waals surface area contributed by atoms with Crippen LogP contribution in [0.4, 0.5) is 0 Å². The fourth-order valence-corrected chi connectivity index (χ4v) is 3.17. The molecule has 0 saturated heterocycles. The maximum Gasteiger partial charge on any atom is 0.119 e. The maximum absolute atomic E-state index is 9.02. The van der Waals surface area contributed by atoms with E-state index in [-0.39, 0.29) is 6.61 Å². The van der Waals surface area contributed by atoms with Gasteiger partial charge >= 0.3 is 0 Å². The van der Waals surface area contributed by atoms with E-state index in [4.69, 9.17) is 5.11 Å². The zero-order valence-corrected chi connectivity index (χ0v) is 9.44. The largest absolute Gasteiger partial charge is 0.389 e. The average Bonchev–Trinajstić information content (AvgIpc) is 2.61. The normalized spacial score (nSPS) is 18.7. The molecule has 0 radical (unpaired) electrons. The second kappa shape index (κ2) is 4.41. The average molecular weight is 211 g/mol. The first-order valence-electron chi connectivity index (χ1n) is 5.38. The van der Waals surface area contributed by atoms with Gasteiger partial charge in [0.1, 0.15) is 5.01 Å². The molecule has 1 fully saturated rings. The Morgan fingerprint density at radius 1 is 1.36 bits per heavy atom. The molecule has 0 spiro atoms. The monoisotopic (exact) mass is 211 g/mol. The van der Waals surface area contributed by atoms with E-state index in [9.17, 15) is 0 Å². The zero-order valence-electron chi connectivity index (χ0n) is 8.62. The molecule has 78 valence electrons. The summed E-state index contributed by atoms with van der Waals surface area (Å²) in [5.41, 5.74) is 1.26. The number of hydrogen-bond donors (Lipinski definition) is 1. The van der Waals surface area contributed by atoms with Crippen molar-refractivity contribution in [2.24, 2.45) is 0 Å². The number of aliphatic hydroxyl groups excluding tert-OH is 1. The van der Waals surface area contributed by atoms with Crippen molar-refractivity contribution in [2.75, 3.05) is 0 Å². The molecule has 3 heteroatoms. The molecule has 0 atom stereocenters. The van der Waals surface area contributed by atoms with Crippen molar-refractivity contribution in [1.82, 2.24) is 4.98 Å². The van der Waals surface area contributed by atoms with E-state index in [1.807, 2.05) is 0 Å². The van der Waals surface area contributed by atoms with Crippen LogP contribution in [0, 0.1) is 6.92 Å². The number of aromatic nitrogens is 1. The Hall–Kier alpha value is -0.410. The van der Waals surface area contributed by atoms with Crippen LogP contribution in [0.5, 0.6) is 0 Å². The zero-order chi connectivity index (χ0) is 9.97. The van der Waals surface area contributed by atoms with Crippen LogP contribution < -0.4 is 0 Å². The van der Waals surface area contributed by atoms with E-state index >= 15 is 0 Å². The highest BCUT2D eigenvalue weighted by atomic mass is 32.1. The van der Waals surface area contributed by atoms with Gasteiger partial charge < -0.3 is 5.11 Å². The Bertz CT molecular complexity index is 302. The molecule has 2 rings (SSSR count). The van der Waals surface area contributed by atoms with Gasteiger partial charge in [0.2, 0.25) is 0 Å². The van der Waals surface area contributed by atoms with E-state index < -0.39 is 0 Å². The molecule has 14 heavy (non-hydrogen) atoms. The van der Waals surface area contributed by atoms with Crippen molar-refractivity contribution >= 4 is 11.3 Å². The summed E-state index contributed by atoms with van der Waals surface area (Å²) in [6.07, 6.45) is 6.64. The van der Waals surface area contributed by atoms with Gasteiger partial charge in [-0.2, -0.15) is 0 Å². The van der Waals surface area contributed by atoms with Crippen molar-refractivity contribution in [1.29, 1.82) is 0 Å². The van der Waals surface area contributed by atoms with Crippen molar-refractivity contribution in [3.63, 3.8) is 0 Å². The second-order valence-electron chi connectivity index (χ2n) is 4.04. The molecule has 0 bridgehead atoms. The summed E-state index contributed by atoms with van der Waals surface area (Å²) in [4.78, 5) is 5.83. The van der Waals surface area contributed by atoms with Crippen LogP contribution in [0.25, 0.3) is 0 Å².